The van der Waals surface area contributed by atoms with Crippen molar-refractivity contribution in [3.8, 4) is 0 Å². The summed E-state index contributed by atoms with van der Waals surface area (Å²) >= 11 is 0. The summed E-state index contributed by atoms with van der Waals surface area (Å²) in [6.07, 6.45) is 13.2. The minimum Gasteiger partial charge on any atom is -0.393 e. The molecule has 0 saturated heterocycles. The molecule has 6 N–H and O–H groups in total. The van der Waals surface area contributed by atoms with Gasteiger partial charge in [0, 0.05) is 12.5 Å². The van der Waals surface area contributed by atoms with Gasteiger partial charge < -0.3 is 21.5 Å². The molecule has 0 aromatic rings. The molecule has 4 saturated carbocycles. The second-order valence-electron chi connectivity index (χ2n) is 16.0. The van der Waals surface area contributed by atoms with E-state index in [1.54, 1.807) is 0 Å². The molecule has 0 amide bonds. The number of aliphatic hydroxyl groups is 1. The summed E-state index contributed by atoms with van der Waals surface area (Å²) in [5.41, 5.74) is 4.43. The zero-order chi connectivity index (χ0) is 32.3. The van der Waals surface area contributed by atoms with Crippen LogP contribution >= 0.6 is 0 Å². The number of hydrogen-bond donors (Lipinski definition) is 5. The number of Topliss-reactive ketones (excluding diaryl/α,β-unsaturated/α-hetero) is 1. The largest absolute Gasteiger partial charge is 0.398 e. The number of unbranched alkanes of at least 4 members (excludes halogenated alkanes) is 1. The smallest absolute Gasteiger partial charge is 0.393 e. The van der Waals surface area contributed by atoms with Crippen molar-refractivity contribution in [1.82, 2.24) is 10.6 Å². The van der Waals surface area contributed by atoms with Crippen LogP contribution in [0.25, 0.3) is 0 Å². The Balaban J connectivity index is 1.31. The summed E-state index contributed by atoms with van der Waals surface area (Å²) < 4.78 is 36.2. The Morgan fingerprint density at radius 1 is 1.00 bits per heavy atom. The Morgan fingerprint density at radius 3 is 2.39 bits per heavy atom. The van der Waals surface area contributed by atoms with Gasteiger partial charge in [-0.15, -0.1) is 0 Å². The molecule has 0 aliphatic heterocycles. The molecule has 10 heteroatoms. The highest BCUT2D eigenvalue weighted by Crippen LogP contribution is 2.68. The summed E-state index contributed by atoms with van der Waals surface area (Å²) in [6.45, 7) is 13.9. The average Bonchev–Trinajstić information content (AvgIpc) is 3.29. The van der Waals surface area contributed by atoms with Gasteiger partial charge >= 0.3 is 10.4 Å². The van der Waals surface area contributed by atoms with Gasteiger partial charge in [-0.05, 0) is 163 Å². The van der Waals surface area contributed by atoms with E-state index in [1.807, 2.05) is 0 Å². The predicted octanol–water partition coefficient (Wildman–Crippen LogP) is 4.88. The number of carbonyl (C=O) groups is 1. The van der Waals surface area contributed by atoms with E-state index >= 15 is 0 Å². The van der Waals surface area contributed by atoms with E-state index in [4.69, 9.17) is 10.3 Å². The molecule has 44 heavy (non-hydrogen) atoms. The lowest BCUT2D eigenvalue weighted by Crippen LogP contribution is -2.59. The Morgan fingerprint density at radius 2 is 1.68 bits per heavy atom. The monoisotopic (exact) mass is 641 g/mol. The lowest BCUT2D eigenvalue weighted by Gasteiger charge is -2.62. The molecule has 4 aliphatic carbocycles. The molecule has 0 bridgehead atoms. The molecule has 0 spiro atoms. The van der Waals surface area contributed by atoms with Crippen molar-refractivity contribution in [1.29, 1.82) is 0 Å². The quantitative estimate of drug-likeness (QED) is 0.117. The fraction of sp³-hybridized carbons (Fsp3) is 0.971. The minimum atomic E-state index is -4.70. The fourth-order valence-corrected chi connectivity index (χ4v) is 11.2. The van der Waals surface area contributed by atoms with Gasteiger partial charge in [0.05, 0.1) is 6.10 Å². The average molecular weight is 642 g/mol. The molecular formula is C34H63N3O6S. The van der Waals surface area contributed by atoms with Gasteiger partial charge in [0.15, 0.2) is 5.78 Å². The summed E-state index contributed by atoms with van der Waals surface area (Å²) in [4.78, 5) is 12.8. The summed E-state index contributed by atoms with van der Waals surface area (Å²) in [5, 5.41) is 19.1. The Hall–Kier alpha value is -0.620. The highest BCUT2D eigenvalue weighted by atomic mass is 32.3. The fourth-order valence-electron chi connectivity index (χ4n) is 10.6. The molecule has 0 heterocycles. The number of nitrogens with two attached hydrogens (primary N) is 1. The van der Waals surface area contributed by atoms with Gasteiger partial charge in [0.2, 0.25) is 0 Å². The molecule has 256 valence electrons. The maximum Gasteiger partial charge on any atom is 0.398 e. The number of rotatable bonds is 16. The van der Waals surface area contributed by atoms with Crippen LogP contribution in [0, 0.1) is 46.3 Å². The zero-order valence-corrected chi connectivity index (χ0v) is 29.0. The molecule has 4 aliphatic rings. The van der Waals surface area contributed by atoms with Crippen LogP contribution < -0.4 is 16.4 Å². The van der Waals surface area contributed by atoms with Gasteiger partial charge in [-0.3, -0.25) is 9.35 Å². The summed E-state index contributed by atoms with van der Waals surface area (Å²) in [7, 11) is -4.70. The maximum absolute atomic E-state index is 12.8. The van der Waals surface area contributed by atoms with Crippen molar-refractivity contribution < 1.29 is 27.1 Å². The zero-order valence-electron chi connectivity index (χ0n) is 28.2. The summed E-state index contributed by atoms with van der Waals surface area (Å²) in [6, 6.07) is 0.551. The van der Waals surface area contributed by atoms with Crippen LogP contribution in [0.1, 0.15) is 118 Å². The topological polar surface area (TPSA) is 151 Å². The highest BCUT2D eigenvalue weighted by molar-refractivity contribution is 7.81. The van der Waals surface area contributed by atoms with E-state index in [-0.39, 0.29) is 23.7 Å². The Bertz CT molecular complexity index is 1070. The first-order valence-electron chi connectivity index (χ1n) is 17.7. The third-order valence-electron chi connectivity index (χ3n) is 13.0. The van der Waals surface area contributed by atoms with Crippen molar-refractivity contribution in [2.45, 2.75) is 136 Å². The van der Waals surface area contributed by atoms with E-state index in [9.17, 15) is 18.3 Å². The molecular weight excluding hydrogens is 578 g/mol. The van der Waals surface area contributed by atoms with Gasteiger partial charge in [0.1, 0.15) is 5.60 Å². The van der Waals surface area contributed by atoms with Crippen LogP contribution in [0.4, 0.5) is 0 Å². The Labute approximate surface area is 267 Å². The molecule has 0 radical (unpaired) electrons. The predicted molar refractivity (Wildman–Crippen MR) is 174 cm³/mol. The molecule has 4 rings (SSSR count). The molecule has 4 fully saturated rings. The number of carbonyl (C=O) groups excluding carboxylic acids is 1. The first-order chi connectivity index (χ1) is 20.6. The van der Waals surface area contributed by atoms with E-state index in [1.165, 1.54) is 46.0 Å². The van der Waals surface area contributed by atoms with Crippen LogP contribution in [-0.2, 0) is 19.4 Å². The van der Waals surface area contributed by atoms with Crippen molar-refractivity contribution in [3.05, 3.63) is 0 Å². The third kappa shape index (κ3) is 8.08. The van der Waals surface area contributed by atoms with Crippen molar-refractivity contribution in [2.75, 3.05) is 26.2 Å². The SMILES string of the molecule is CC(CCC(=O)C(C)(C)OS(=O)(=O)O)[C@H]1CCC2C3C(O)C[C@H]4C[C@@H](NCCCNCCCCN)CC[C@]4(C)C3CC[C@@]21C. The van der Waals surface area contributed by atoms with Crippen LogP contribution in [0.5, 0.6) is 0 Å². The third-order valence-corrected chi connectivity index (χ3v) is 13.7. The van der Waals surface area contributed by atoms with Gasteiger partial charge in [-0.25, -0.2) is 4.18 Å². The lowest BCUT2D eigenvalue weighted by atomic mass is 9.43. The normalized spacial score (nSPS) is 38.0. The first-order valence-corrected chi connectivity index (χ1v) is 19.0. The van der Waals surface area contributed by atoms with Crippen LogP contribution in [-0.4, -0.2) is 67.8 Å². The molecule has 9 nitrogen and oxygen atoms in total. The van der Waals surface area contributed by atoms with Crippen LogP contribution in [0.3, 0.4) is 0 Å². The van der Waals surface area contributed by atoms with Gasteiger partial charge in [-0.2, -0.15) is 8.42 Å². The van der Waals surface area contributed by atoms with E-state index in [0.717, 1.165) is 64.7 Å². The molecule has 5 unspecified atom stereocenters. The molecule has 10 atom stereocenters. The van der Waals surface area contributed by atoms with Gasteiger partial charge in [0.25, 0.3) is 0 Å². The van der Waals surface area contributed by atoms with Crippen molar-refractivity contribution in [3.63, 3.8) is 0 Å². The maximum atomic E-state index is 12.8. The van der Waals surface area contributed by atoms with Gasteiger partial charge in [-0.1, -0.05) is 20.8 Å². The summed E-state index contributed by atoms with van der Waals surface area (Å²) in [5.74, 6) is 2.46. The van der Waals surface area contributed by atoms with Crippen LogP contribution in [0.2, 0.25) is 0 Å². The second-order valence-corrected chi connectivity index (χ2v) is 17.0. The van der Waals surface area contributed by atoms with E-state index in [2.05, 4.69) is 35.6 Å². The van der Waals surface area contributed by atoms with Crippen molar-refractivity contribution >= 4 is 16.2 Å². The van der Waals surface area contributed by atoms with Crippen LogP contribution in [0.15, 0.2) is 0 Å². The molecule has 0 aromatic heterocycles. The first kappa shape index (κ1) is 36.2. The standard InChI is InChI=1S/C34H63N3O6S/c1-23(9-12-30(39)32(2,3)43-44(40,41)42)26-10-11-27-31-28(14-16-34(26,27)5)33(4)15-13-25(21-24(33)22-29(31)38)37-20-8-19-36-18-7-6-17-35/h23-29,31,36-38H,6-22,35H2,1-5H3,(H,40,41,42)/t23?,24-,25+,26-,27?,28?,29?,31?,33+,34-/m1/s1. The Kier molecular flexibility index (Phi) is 12.1. The van der Waals surface area contributed by atoms with E-state index in [0.29, 0.717) is 53.4 Å². The number of ketones is 1. The number of nitrogens with one attached hydrogen (secondary N) is 2. The highest BCUT2D eigenvalue weighted by Gasteiger charge is 2.62. The molecule has 0 aromatic carbocycles. The number of aliphatic hydroxyl groups excluding tert-OH is 1. The lowest BCUT2D eigenvalue weighted by molar-refractivity contribution is -0.167. The van der Waals surface area contributed by atoms with Crippen molar-refractivity contribution in [2.24, 2.45) is 52.1 Å². The second kappa shape index (κ2) is 14.7. The minimum absolute atomic E-state index is 0.144. The number of fused-ring (bicyclic) bond motifs is 5. The number of hydrogen-bond acceptors (Lipinski definition) is 8. The van der Waals surface area contributed by atoms with E-state index < -0.39 is 16.0 Å².